The van der Waals surface area contributed by atoms with Crippen LogP contribution >= 0.6 is 11.3 Å². The highest BCUT2D eigenvalue weighted by molar-refractivity contribution is 7.20. The topological polar surface area (TPSA) is 43.3 Å². The Hall–Kier alpha value is -2.43. The fourth-order valence-electron chi connectivity index (χ4n) is 3.26. The van der Waals surface area contributed by atoms with Crippen LogP contribution in [0, 0.1) is 0 Å². The van der Waals surface area contributed by atoms with E-state index < -0.39 is 0 Å². The van der Waals surface area contributed by atoms with Crippen molar-refractivity contribution in [2.24, 2.45) is 5.73 Å². The number of nitrogens with two attached hydrogens (primary N) is 1. The summed E-state index contributed by atoms with van der Waals surface area (Å²) in [5, 5.41) is 0. The molecule has 0 aliphatic rings. The maximum atomic E-state index is 6.09. The van der Waals surface area contributed by atoms with Gasteiger partial charge in [0.1, 0.15) is 0 Å². The number of hydrogen-bond acceptors (Lipinski definition) is 3. The van der Waals surface area contributed by atoms with Crippen LogP contribution in [0.3, 0.4) is 0 Å². The second kappa shape index (κ2) is 7.06. The number of fused-ring (bicyclic) bond motifs is 1. The maximum Gasteiger partial charge on any atom is 0.195 e. The van der Waals surface area contributed by atoms with Crippen LogP contribution in [0.2, 0.25) is 0 Å². The van der Waals surface area contributed by atoms with Crippen LogP contribution in [0.1, 0.15) is 37.4 Å². The van der Waals surface area contributed by atoms with Crippen molar-refractivity contribution >= 4 is 16.3 Å². The Kier molecular flexibility index (Phi) is 4.62. The molecule has 0 aliphatic heterocycles. The smallest absolute Gasteiger partial charge is 0.195 e. The lowest BCUT2D eigenvalue weighted by atomic mass is 9.97. The summed E-state index contributed by atoms with van der Waals surface area (Å²) in [6.07, 6.45) is 3.30. The zero-order chi connectivity index (χ0) is 18.1. The van der Waals surface area contributed by atoms with Crippen LogP contribution in [0.15, 0.2) is 60.8 Å². The van der Waals surface area contributed by atoms with Crippen molar-refractivity contribution in [2.45, 2.75) is 32.7 Å². The summed E-state index contributed by atoms with van der Waals surface area (Å²) >= 11 is 1.70. The van der Waals surface area contributed by atoms with Gasteiger partial charge in [0.05, 0.1) is 16.3 Å². The van der Waals surface area contributed by atoms with E-state index in [1.807, 2.05) is 6.07 Å². The third-order valence-corrected chi connectivity index (χ3v) is 6.07. The van der Waals surface area contributed by atoms with Gasteiger partial charge in [-0.05, 0) is 23.5 Å². The minimum Gasteiger partial charge on any atom is -0.325 e. The lowest BCUT2D eigenvalue weighted by molar-refractivity contribution is 0.734. The Balaban J connectivity index is 1.75. The van der Waals surface area contributed by atoms with Crippen molar-refractivity contribution in [3.05, 3.63) is 72.1 Å². The van der Waals surface area contributed by atoms with E-state index in [0.29, 0.717) is 12.5 Å². The van der Waals surface area contributed by atoms with Crippen LogP contribution in [0.25, 0.3) is 26.7 Å². The van der Waals surface area contributed by atoms with Gasteiger partial charge in [0.25, 0.3) is 0 Å². The van der Waals surface area contributed by atoms with E-state index >= 15 is 0 Å². The molecule has 132 valence electrons. The molecule has 0 saturated heterocycles. The molecule has 4 aromatic rings. The van der Waals surface area contributed by atoms with Gasteiger partial charge in [-0.2, -0.15) is 0 Å². The molecule has 2 aromatic carbocycles. The van der Waals surface area contributed by atoms with Crippen molar-refractivity contribution in [3.63, 3.8) is 0 Å². The van der Waals surface area contributed by atoms with Crippen molar-refractivity contribution in [1.82, 2.24) is 9.38 Å². The summed E-state index contributed by atoms with van der Waals surface area (Å²) in [6.45, 7) is 4.95. The van der Waals surface area contributed by atoms with E-state index in [9.17, 15) is 0 Å². The number of benzene rings is 2. The number of imidazole rings is 1. The second-order valence-electron chi connectivity index (χ2n) is 6.66. The second-order valence-corrected chi connectivity index (χ2v) is 7.67. The first kappa shape index (κ1) is 17.0. The minimum absolute atomic E-state index is 0.467. The third-order valence-electron chi connectivity index (χ3n) is 5.04. The van der Waals surface area contributed by atoms with Gasteiger partial charge >= 0.3 is 0 Å². The highest BCUT2D eigenvalue weighted by atomic mass is 32.1. The summed E-state index contributed by atoms with van der Waals surface area (Å²) in [5.74, 6) is 0.581. The van der Waals surface area contributed by atoms with E-state index in [0.717, 1.165) is 28.3 Å². The average Bonchev–Trinajstić information content (AvgIpc) is 3.26. The lowest BCUT2D eigenvalue weighted by Crippen LogP contribution is -2.01. The van der Waals surface area contributed by atoms with Gasteiger partial charge in [0.15, 0.2) is 4.96 Å². The Morgan fingerprint density at radius 3 is 2.42 bits per heavy atom. The first-order valence-corrected chi connectivity index (χ1v) is 9.89. The Labute approximate surface area is 158 Å². The zero-order valence-electron chi connectivity index (χ0n) is 15.1. The summed E-state index contributed by atoms with van der Waals surface area (Å²) in [4.78, 5) is 7.10. The van der Waals surface area contributed by atoms with E-state index in [2.05, 4.69) is 73.0 Å². The number of nitrogens with zero attached hydrogens (tertiary/aromatic N) is 2. The molecule has 4 heteroatoms. The molecule has 1 unspecified atom stereocenters. The molecule has 0 spiro atoms. The summed E-state index contributed by atoms with van der Waals surface area (Å²) in [7, 11) is 0. The predicted octanol–water partition coefficient (Wildman–Crippen LogP) is 5.70. The van der Waals surface area contributed by atoms with Gasteiger partial charge < -0.3 is 5.73 Å². The van der Waals surface area contributed by atoms with Gasteiger partial charge in [0.2, 0.25) is 0 Å². The molecule has 0 fully saturated rings. The van der Waals surface area contributed by atoms with Crippen molar-refractivity contribution in [3.8, 4) is 21.7 Å². The van der Waals surface area contributed by atoms with Crippen LogP contribution < -0.4 is 5.73 Å². The van der Waals surface area contributed by atoms with Crippen molar-refractivity contribution in [2.75, 3.05) is 0 Å². The number of rotatable bonds is 5. The quantitative estimate of drug-likeness (QED) is 0.495. The minimum atomic E-state index is 0.467. The molecule has 1 atom stereocenters. The highest BCUT2D eigenvalue weighted by Crippen LogP contribution is 2.33. The SMILES string of the molecule is CCC(C)c1ccc(-c2nc3sc(-c4ccccc4)cn3c2CN)cc1. The van der Waals surface area contributed by atoms with Gasteiger partial charge in [-0.25, -0.2) is 4.98 Å². The zero-order valence-corrected chi connectivity index (χ0v) is 16.0. The van der Waals surface area contributed by atoms with Crippen LogP contribution in [-0.2, 0) is 6.54 Å². The Morgan fingerprint density at radius 1 is 1.04 bits per heavy atom. The molecular weight excluding hydrogens is 338 g/mol. The molecule has 0 amide bonds. The lowest BCUT2D eigenvalue weighted by Gasteiger charge is -2.09. The average molecular weight is 362 g/mol. The molecule has 2 N–H and O–H groups in total. The number of thiazole rings is 1. The van der Waals surface area contributed by atoms with Crippen LogP contribution in [0.4, 0.5) is 0 Å². The molecule has 3 nitrogen and oxygen atoms in total. The Morgan fingerprint density at radius 2 is 1.77 bits per heavy atom. The first-order valence-electron chi connectivity index (χ1n) is 9.07. The number of aromatic nitrogens is 2. The molecule has 26 heavy (non-hydrogen) atoms. The van der Waals surface area contributed by atoms with E-state index in [1.165, 1.54) is 16.0 Å². The van der Waals surface area contributed by atoms with Crippen molar-refractivity contribution < 1.29 is 0 Å². The normalized spacial score (nSPS) is 12.6. The van der Waals surface area contributed by atoms with E-state index in [4.69, 9.17) is 10.7 Å². The largest absolute Gasteiger partial charge is 0.325 e. The van der Waals surface area contributed by atoms with Gasteiger partial charge in [-0.15, -0.1) is 0 Å². The predicted molar refractivity (Wildman–Crippen MR) is 111 cm³/mol. The maximum absolute atomic E-state index is 6.09. The molecule has 0 saturated carbocycles. The summed E-state index contributed by atoms with van der Waals surface area (Å²) in [5.41, 5.74) is 11.9. The van der Waals surface area contributed by atoms with Crippen LogP contribution in [-0.4, -0.2) is 9.38 Å². The van der Waals surface area contributed by atoms with E-state index in [-0.39, 0.29) is 0 Å². The molecule has 0 radical (unpaired) electrons. The van der Waals surface area contributed by atoms with Crippen molar-refractivity contribution in [1.29, 1.82) is 0 Å². The first-order chi connectivity index (χ1) is 12.7. The fraction of sp³-hybridized carbons (Fsp3) is 0.227. The van der Waals surface area contributed by atoms with Gasteiger partial charge in [0, 0.05) is 18.3 Å². The van der Waals surface area contributed by atoms with E-state index in [1.54, 1.807) is 11.3 Å². The fourth-order valence-corrected chi connectivity index (χ4v) is 4.26. The Bertz CT molecular complexity index is 1010. The highest BCUT2D eigenvalue weighted by Gasteiger charge is 2.16. The van der Waals surface area contributed by atoms with Crippen LogP contribution in [0.5, 0.6) is 0 Å². The summed E-state index contributed by atoms with van der Waals surface area (Å²) < 4.78 is 2.14. The molecule has 0 aliphatic carbocycles. The standard InChI is InChI=1S/C22H23N3S/c1-3-15(2)16-9-11-18(12-10-16)21-19(13-23)25-14-20(26-22(25)24-21)17-7-5-4-6-8-17/h4-12,14-15H,3,13,23H2,1-2H3. The number of hydrogen-bond donors (Lipinski definition) is 1. The molecule has 4 rings (SSSR count). The molecule has 2 aromatic heterocycles. The molecular formula is C22H23N3S. The monoisotopic (exact) mass is 361 g/mol. The third kappa shape index (κ3) is 2.96. The van der Waals surface area contributed by atoms with Gasteiger partial charge in [-0.1, -0.05) is 79.8 Å². The summed E-state index contributed by atoms with van der Waals surface area (Å²) in [6, 6.07) is 19.2. The molecule has 0 bridgehead atoms. The van der Waals surface area contributed by atoms with Gasteiger partial charge in [-0.3, -0.25) is 4.40 Å². The molecule has 2 heterocycles.